The molecule has 1 aromatic carbocycles. The fraction of sp³-hybridized carbons (Fsp3) is 0.286. The van der Waals surface area contributed by atoms with Crippen LogP contribution in [-0.2, 0) is 5.41 Å². The maximum Gasteiger partial charge on any atom is 0.335 e. The molecule has 2 aromatic rings. The van der Waals surface area contributed by atoms with Crippen LogP contribution >= 0.6 is 0 Å². The van der Waals surface area contributed by atoms with Gasteiger partial charge in [0.15, 0.2) is 6.29 Å². The van der Waals surface area contributed by atoms with E-state index in [4.69, 9.17) is 5.11 Å². The van der Waals surface area contributed by atoms with Gasteiger partial charge >= 0.3 is 5.97 Å². The summed E-state index contributed by atoms with van der Waals surface area (Å²) in [5.41, 5.74) is 1.29. The van der Waals surface area contributed by atoms with Crippen LogP contribution in [0, 0.1) is 0 Å². The van der Waals surface area contributed by atoms with Crippen molar-refractivity contribution in [3.63, 3.8) is 0 Å². The first-order chi connectivity index (χ1) is 9.34. The van der Waals surface area contributed by atoms with Crippen molar-refractivity contribution < 1.29 is 14.7 Å². The summed E-state index contributed by atoms with van der Waals surface area (Å²) in [4.78, 5) is 22.1. The lowest BCUT2D eigenvalue weighted by Crippen LogP contribution is -2.19. The van der Waals surface area contributed by atoms with E-state index in [2.05, 4.69) is 10.3 Å². The highest BCUT2D eigenvalue weighted by Crippen LogP contribution is 2.26. The Morgan fingerprint density at radius 2 is 2.05 bits per heavy atom. The molecule has 0 aliphatic rings. The molecule has 0 saturated heterocycles. The van der Waals surface area contributed by atoms with Gasteiger partial charge in [-0.25, -0.2) is 9.48 Å². The van der Waals surface area contributed by atoms with E-state index in [1.54, 1.807) is 12.1 Å². The Bertz CT molecular complexity index is 669. The van der Waals surface area contributed by atoms with E-state index in [9.17, 15) is 9.59 Å². The fourth-order valence-corrected chi connectivity index (χ4v) is 2.03. The number of carboxylic acid groups (broad SMARTS) is 1. The number of carboxylic acids is 1. The van der Waals surface area contributed by atoms with Crippen LogP contribution in [0.4, 0.5) is 0 Å². The van der Waals surface area contributed by atoms with E-state index >= 15 is 0 Å². The Labute approximate surface area is 116 Å². The predicted molar refractivity (Wildman–Crippen MR) is 72.4 cm³/mol. The molecule has 0 bridgehead atoms. The highest BCUT2D eigenvalue weighted by molar-refractivity contribution is 5.88. The molecule has 1 N–H and O–H groups in total. The Hall–Kier alpha value is -2.50. The van der Waals surface area contributed by atoms with Gasteiger partial charge in [-0.3, -0.25) is 4.79 Å². The van der Waals surface area contributed by atoms with Crippen molar-refractivity contribution in [2.45, 2.75) is 26.2 Å². The summed E-state index contributed by atoms with van der Waals surface area (Å²) in [6, 6.07) is 6.36. The molecule has 6 nitrogen and oxygen atoms in total. The molecular weight excluding hydrogens is 258 g/mol. The molecule has 1 aromatic heterocycles. The number of aldehydes is 1. The molecule has 20 heavy (non-hydrogen) atoms. The molecule has 104 valence electrons. The van der Waals surface area contributed by atoms with Gasteiger partial charge in [-0.1, -0.05) is 32.1 Å². The van der Waals surface area contributed by atoms with Crippen LogP contribution in [0.5, 0.6) is 0 Å². The zero-order valence-electron chi connectivity index (χ0n) is 11.5. The van der Waals surface area contributed by atoms with Crippen molar-refractivity contribution >= 4 is 12.3 Å². The van der Waals surface area contributed by atoms with Crippen molar-refractivity contribution in [3.05, 3.63) is 41.2 Å². The number of hydrogen-bond donors (Lipinski definition) is 1. The first-order valence-corrected chi connectivity index (χ1v) is 6.09. The number of benzene rings is 1. The Morgan fingerprint density at radius 1 is 1.35 bits per heavy atom. The molecule has 1 heterocycles. The SMILES string of the molecule is CC(C)(C)c1c(C=O)nnn1-c1cccc(C(=O)O)c1. The number of aromatic nitrogens is 3. The van der Waals surface area contributed by atoms with E-state index in [0.29, 0.717) is 17.7 Å². The molecule has 0 radical (unpaired) electrons. The van der Waals surface area contributed by atoms with Gasteiger partial charge in [0, 0.05) is 5.41 Å². The van der Waals surface area contributed by atoms with Crippen LogP contribution in [-0.4, -0.2) is 32.4 Å². The number of carbonyl (C=O) groups excluding carboxylic acids is 1. The van der Waals surface area contributed by atoms with Crippen molar-refractivity contribution in [1.82, 2.24) is 15.0 Å². The topological polar surface area (TPSA) is 85.1 Å². The monoisotopic (exact) mass is 273 g/mol. The second kappa shape index (κ2) is 4.88. The second-order valence-corrected chi connectivity index (χ2v) is 5.46. The average molecular weight is 273 g/mol. The first-order valence-electron chi connectivity index (χ1n) is 6.09. The molecule has 0 unspecified atom stereocenters. The molecule has 0 aliphatic carbocycles. The third-order valence-electron chi connectivity index (χ3n) is 2.86. The van der Waals surface area contributed by atoms with E-state index in [1.807, 2.05) is 20.8 Å². The van der Waals surface area contributed by atoms with E-state index in [-0.39, 0.29) is 16.7 Å². The lowest BCUT2D eigenvalue weighted by atomic mass is 9.90. The number of rotatable bonds is 3. The van der Waals surface area contributed by atoms with Crippen LogP contribution in [0.2, 0.25) is 0 Å². The zero-order valence-corrected chi connectivity index (χ0v) is 11.5. The van der Waals surface area contributed by atoms with Crippen molar-refractivity contribution in [1.29, 1.82) is 0 Å². The fourth-order valence-electron chi connectivity index (χ4n) is 2.03. The van der Waals surface area contributed by atoms with Crippen LogP contribution in [0.3, 0.4) is 0 Å². The summed E-state index contributed by atoms with van der Waals surface area (Å²) in [5.74, 6) is -1.01. The average Bonchev–Trinajstić information content (AvgIpc) is 2.82. The Balaban J connectivity index is 2.64. The third kappa shape index (κ3) is 2.45. The van der Waals surface area contributed by atoms with Gasteiger partial charge in [-0.15, -0.1) is 5.10 Å². The first kappa shape index (κ1) is 13.9. The maximum absolute atomic E-state index is 11.1. The van der Waals surface area contributed by atoms with Crippen molar-refractivity contribution in [2.75, 3.05) is 0 Å². The summed E-state index contributed by atoms with van der Waals surface area (Å²) in [6.07, 6.45) is 0.658. The summed E-state index contributed by atoms with van der Waals surface area (Å²) < 4.78 is 1.51. The quantitative estimate of drug-likeness (QED) is 0.865. The molecule has 0 fully saturated rings. The number of nitrogens with zero attached hydrogens (tertiary/aromatic N) is 3. The maximum atomic E-state index is 11.1. The lowest BCUT2D eigenvalue weighted by molar-refractivity contribution is 0.0696. The summed E-state index contributed by atoms with van der Waals surface area (Å²) >= 11 is 0. The molecule has 0 spiro atoms. The minimum atomic E-state index is -1.01. The van der Waals surface area contributed by atoms with Crippen molar-refractivity contribution in [3.8, 4) is 5.69 Å². The van der Waals surface area contributed by atoms with Crippen LogP contribution in [0.15, 0.2) is 24.3 Å². The summed E-state index contributed by atoms with van der Waals surface area (Å²) in [6.45, 7) is 5.82. The van der Waals surface area contributed by atoms with E-state index in [1.165, 1.54) is 16.8 Å². The summed E-state index contributed by atoms with van der Waals surface area (Å²) in [5, 5.41) is 16.9. The lowest BCUT2D eigenvalue weighted by Gasteiger charge is -2.20. The highest BCUT2D eigenvalue weighted by atomic mass is 16.4. The summed E-state index contributed by atoms with van der Waals surface area (Å²) in [7, 11) is 0. The highest BCUT2D eigenvalue weighted by Gasteiger charge is 2.26. The minimum Gasteiger partial charge on any atom is -0.478 e. The third-order valence-corrected chi connectivity index (χ3v) is 2.86. The van der Waals surface area contributed by atoms with Crippen molar-refractivity contribution in [2.24, 2.45) is 0 Å². The minimum absolute atomic E-state index is 0.158. The normalized spacial score (nSPS) is 11.3. The number of hydrogen-bond acceptors (Lipinski definition) is 4. The van der Waals surface area contributed by atoms with Crippen LogP contribution in [0.1, 0.15) is 47.3 Å². The van der Waals surface area contributed by atoms with Gasteiger partial charge in [0.25, 0.3) is 0 Å². The predicted octanol–water partition coefficient (Wildman–Crippen LogP) is 2.08. The standard InChI is InChI=1S/C14H15N3O3/c1-14(2,3)12-11(8-18)15-16-17(12)10-6-4-5-9(7-10)13(19)20/h4-8H,1-3H3,(H,19,20). The molecule has 0 amide bonds. The molecule has 6 heteroatoms. The van der Waals surface area contributed by atoms with Gasteiger partial charge in [0.1, 0.15) is 5.69 Å². The number of aromatic carboxylic acids is 1. The van der Waals surface area contributed by atoms with E-state index < -0.39 is 5.97 Å². The van der Waals surface area contributed by atoms with E-state index in [0.717, 1.165) is 0 Å². The Morgan fingerprint density at radius 3 is 2.60 bits per heavy atom. The van der Waals surface area contributed by atoms with Gasteiger partial charge in [0.2, 0.25) is 0 Å². The zero-order chi connectivity index (χ0) is 14.9. The van der Waals surface area contributed by atoms with Gasteiger partial charge in [-0.05, 0) is 18.2 Å². The molecule has 0 atom stereocenters. The van der Waals surface area contributed by atoms with Crippen LogP contribution in [0.25, 0.3) is 5.69 Å². The van der Waals surface area contributed by atoms with Crippen LogP contribution < -0.4 is 0 Å². The van der Waals surface area contributed by atoms with Gasteiger partial charge in [0.05, 0.1) is 16.9 Å². The largest absolute Gasteiger partial charge is 0.478 e. The molecule has 0 aliphatic heterocycles. The molecule has 2 rings (SSSR count). The van der Waals surface area contributed by atoms with Gasteiger partial charge in [-0.2, -0.15) is 0 Å². The second-order valence-electron chi connectivity index (χ2n) is 5.46. The smallest absolute Gasteiger partial charge is 0.335 e. The van der Waals surface area contributed by atoms with Gasteiger partial charge < -0.3 is 5.11 Å². The number of carbonyl (C=O) groups is 2. The Kier molecular flexibility index (Phi) is 3.40. The molecular formula is C14H15N3O3. The molecule has 0 saturated carbocycles.